The minimum atomic E-state index is 0.0561. The second-order valence-electron chi connectivity index (χ2n) is 2.84. The van der Waals surface area contributed by atoms with Gasteiger partial charge in [-0.05, 0) is 12.5 Å². The number of hydrogen-bond donors (Lipinski definition) is 1. The standard InChI is InChI=1S/C10H13NO/c1-8-4-3-5-9(6-8)7-10(12)11-2/h3-6H,7H2,1-2H3,(H,11,12). The number of hydrogen-bond acceptors (Lipinski definition) is 1. The molecule has 2 heteroatoms. The largest absolute Gasteiger partial charge is 0.359 e. The third kappa shape index (κ3) is 2.38. The van der Waals surface area contributed by atoms with E-state index in [0.717, 1.165) is 5.56 Å². The first-order valence-electron chi connectivity index (χ1n) is 3.98. The van der Waals surface area contributed by atoms with Crippen LogP contribution in [0.3, 0.4) is 0 Å². The lowest BCUT2D eigenvalue weighted by atomic mass is 10.1. The van der Waals surface area contributed by atoms with Gasteiger partial charge in [-0.1, -0.05) is 29.8 Å². The summed E-state index contributed by atoms with van der Waals surface area (Å²) < 4.78 is 0. The second-order valence-corrected chi connectivity index (χ2v) is 2.84. The van der Waals surface area contributed by atoms with Gasteiger partial charge in [-0.3, -0.25) is 4.79 Å². The molecule has 0 bridgehead atoms. The van der Waals surface area contributed by atoms with Crippen molar-refractivity contribution in [2.75, 3.05) is 7.05 Å². The quantitative estimate of drug-likeness (QED) is 0.699. The SMILES string of the molecule is CNC(=O)Cc1cccc(C)c1. The van der Waals surface area contributed by atoms with Crippen LogP contribution in [0.4, 0.5) is 0 Å². The number of likely N-dealkylation sites (N-methyl/N-ethyl adjacent to an activating group) is 1. The van der Waals surface area contributed by atoms with Crippen LogP contribution in [0.5, 0.6) is 0 Å². The summed E-state index contributed by atoms with van der Waals surface area (Å²) in [6.07, 6.45) is 0.470. The van der Waals surface area contributed by atoms with E-state index < -0.39 is 0 Å². The summed E-state index contributed by atoms with van der Waals surface area (Å²) in [5.74, 6) is 0.0561. The van der Waals surface area contributed by atoms with Gasteiger partial charge in [0.1, 0.15) is 0 Å². The number of aryl methyl sites for hydroxylation is 1. The van der Waals surface area contributed by atoms with Crippen molar-refractivity contribution in [1.82, 2.24) is 5.32 Å². The molecule has 1 rings (SSSR count). The minimum absolute atomic E-state index is 0.0561. The number of nitrogens with one attached hydrogen (secondary N) is 1. The lowest BCUT2D eigenvalue weighted by Crippen LogP contribution is -2.19. The van der Waals surface area contributed by atoms with E-state index in [2.05, 4.69) is 5.32 Å². The van der Waals surface area contributed by atoms with E-state index in [1.807, 2.05) is 31.2 Å². The van der Waals surface area contributed by atoms with Crippen LogP contribution >= 0.6 is 0 Å². The van der Waals surface area contributed by atoms with Crippen LogP contribution in [-0.4, -0.2) is 13.0 Å². The molecule has 0 radical (unpaired) electrons. The molecule has 0 saturated carbocycles. The van der Waals surface area contributed by atoms with E-state index in [0.29, 0.717) is 6.42 Å². The van der Waals surface area contributed by atoms with Crippen LogP contribution in [0.25, 0.3) is 0 Å². The summed E-state index contributed by atoms with van der Waals surface area (Å²) in [5, 5.41) is 2.59. The molecule has 1 aromatic carbocycles. The second kappa shape index (κ2) is 3.90. The Morgan fingerprint density at radius 3 is 2.83 bits per heavy atom. The highest BCUT2D eigenvalue weighted by Gasteiger charge is 1.99. The maximum absolute atomic E-state index is 11.0. The van der Waals surface area contributed by atoms with Crippen LogP contribution in [0.1, 0.15) is 11.1 Å². The van der Waals surface area contributed by atoms with Crippen molar-refractivity contribution in [1.29, 1.82) is 0 Å². The first kappa shape index (κ1) is 8.78. The fourth-order valence-corrected chi connectivity index (χ4v) is 1.10. The van der Waals surface area contributed by atoms with Crippen molar-refractivity contribution >= 4 is 5.91 Å². The van der Waals surface area contributed by atoms with E-state index in [4.69, 9.17) is 0 Å². The molecule has 0 unspecified atom stereocenters. The zero-order chi connectivity index (χ0) is 8.97. The van der Waals surface area contributed by atoms with Crippen molar-refractivity contribution in [2.24, 2.45) is 0 Å². The molecule has 0 fully saturated rings. The van der Waals surface area contributed by atoms with Gasteiger partial charge in [-0.2, -0.15) is 0 Å². The molecule has 1 amide bonds. The fraction of sp³-hybridized carbons (Fsp3) is 0.300. The lowest BCUT2D eigenvalue weighted by Gasteiger charge is -2.00. The summed E-state index contributed by atoms with van der Waals surface area (Å²) in [5.41, 5.74) is 2.26. The summed E-state index contributed by atoms with van der Waals surface area (Å²) in [6.45, 7) is 2.02. The predicted octanol–water partition coefficient (Wildman–Crippen LogP) is 1.28. The van der Waals surface area contributed by atoms with E-state index in [-0.39, 0.29) is 5.91 Å². The minimum Gasteiger partial charge on any atom is -0.359 e. The Balaban J connectivity index is 2.69. The highest BCUT2D eigenvalue weighted by atomic mass is 16.1. The van der Waals surface area contributed by atoms with Crippen LogP contribution in [-0.2, 0) is 11.2 Å². The summed E-state index contributed by atoms with van der Waals surface area (Å²) >= 11 is 0. The Kier molecular flexibility index (Phi) is 2.86. The smallest absolute Gasteiger partial charge is 0.224 e. The van der Waals surface area contributed by atoms with Crippen LogP contribution in [0.15, 0.2) is 24.3 Å². The zero-order valence-electron chi connectivity index (χ0n) is 7.42. The van der Waals surface area contributed by atoms with Crippen LogP contribution < -0.4 is 5.32 Å². The van der Waals surface area contributed by atoms with Gasteiger partial charge < -0.3 is 5.32 Å². The average molecular weight is 163 g/mol. The predicted molar refractivity (Wildman–Crippen MR) is 48.9 cm³/mol. The van der Waals surface area contributed by atoms with Gasteiger partial charge in [-0.15, -0.1) is 0 Å². The number of amides is 1. The number of carbonyl (C=O) groups is 1. The third-order valence-corrected chi connectivity index (χ3v) is 1.73. The molecule has 0 aliphatic heterocycles. The van der Waals surface area contributed by atoms with E-state index in [1.54, 1.807) is 7.05 Å². The van der Waals surface area contributed by atoms with Crippen molar-refractivity contribution in [2.45, 2.75) is 13.3 Å². The van der Waals surface area contributed by atoms with Crippen LogP contribution in [0, 0.1) is 6.92 Å². The Bertz CT molecular complexity index is 281. The molecule has 0 aliphatic rings. The van der Waals surface area contributed by atoms with E-state index in [9.17, 15) is 4.79 Å². The topological polar surface area (TPSA) is 29.1 Å². The van der Waals surface area contributed by atoms with Crippen molar-refractivity contribution in [3.05, 3.63) is 35.4 Å². The first-order chi connectivity index (χ1) is 5.72. The van der Waals surface area contributed by atoms with Gasteiger partial charge in [0, 0.05) is 7.05 Å². The van der Waals surface area contributed by atoms with Crippen molar-refractivity contribution < 1.29 is 4.79 Å². The summed E-state index contributed by atoms with van der Waals surface area (Å²) in [7, 11) is 1.65. The Morgan fingerprint density at radius 2 is 2.25 bits per heavy atom. The monoisotopic (exact) mass is 163 g/mol. The van der Waals surface area contributed by atoms with Gasteiger partial charge in [0.15, 0.2) is 0 Å². The molecule has 2 nitrogen and oxygen atoms in total. The van der Waals surface area contributed by atoms with Crippen molar-refractivity contribution in [3.63, 3.8) is 0 Å². The Hall–Kier alpha value is -1.31. The molecule has 0 aromatic heterocycles. The normalized spacial score (nSPS) is 9.50. The molecule has 0 spiro atoms. The molecule has 0 saturated heterocycles. The molecular formula is C10H13NO. The molecule has 64 valence electrons. The first-order valence-corrected chi connectivity index (χ1v) is 3.98. The Labute approximate surface area is 72.6 Å². The number of benzene rings is 1. The van der Waals surface area contributed by atoms with Crippen molar-refractivity contribution in [3.8, 4) is 0 Å². The maximum atomic E-state index is 11.0. The molecule has 0 aliphatic carbocycles. The molecular weight excluding hydrogens is 150 g/mol. The van der Waals surface area contributed by atoms with Gasteiger partial charge in [0.05, 0.1) is 6.42 Å². The maximum Gasteiger partial charge on any atom is 0.224 e. The molecule has 1 aromatic rings. The highest BCUT2D eigenvalue weighted by molar-refractivity contribution is 5.78. The summed E-state index contributed by atoms with van der Waals surface area (Å²) in [4.78, 5) is 11.0. The average Bonchev–Trinajstić information content (AvgIpc) is 2.04. The third-order valence-electron chi connectivity index (χ3n) is 1.73. The van der Waals surface area contributed by atoms with E-state index >= 15 is 0 Å². The highest BCUT2D eigenvalue weighted by Crippen LogP contribution is 2.04. The lowest BCUT2D eigenvalue weighted by molar-refractivity contribution is -0.119. The van der Waals surface area contributed by atoms with Crippen LogP contribution in [0.2, 0.25) is 0 Å². The molecule has 0 heterocycles. The zero-order valence-corrected chi connectivity index (χ0v) is 7.42. The van der Waals surface area contributed by atoms with Gasteiger partial charge >= 0.3 is 0 Å². The van der Waals surface area contributed by atoms with Gasteiger partial charge in [-0.25, -0.2) is 0 Å². The number of carbonyl (C=O) groups excluding carboxylic acids is 1. The molecule has 12 heavy (non-hydrogen) atoms. The molecule has 0 atom stereocenters. The summed E-state index contributed by atoms with van der Waals surface area (Å²) in [6, 6.07) is 7.97. The number of rotatable bonds is 2. The van der Waals surface area contributed by atoms with Gasteiger partial charge in [0.25, 0.3) is 0 Å². The van der Waals surface area contributed by atoms with Gasteiger partial charge in [0.2, 0.25) is 5.91 Å². The fourth-order valence-electron chi connectivity index (χ4n) is 1.10. The van der Waals surface area contributed by atoms with E-state index in [1.165, 1.54) is 5.56 Å². The Morgan fingerprint density at radius 1 is 1.50 bits per heavy atom. The molecule has 1 N–H and O–H groups in total.